The van der Waals surface area contributed by atoms with E-state index in [0.29, 0.717) is 11.1 Å². The van der Waals surface area contributed by atoms with Crippen LogP contribution in [0.5, 0.6) is 0 Å². The van der Waals surface area contributed by atoms with E-state index >= 15 is 0 Å². The Labute approximate surface area is 167 Å². The summed E-state index contributed by atoms with van der Waals surface area (Å²) in [5.41, 5.74) is 6.15. The van der Waals surface area contributed by atoms with Gasteiger partial charge in [-0.15, -0.1) is 0 Å². The van der Waals surface area contributed by atoms with Gasteiger partial charge in [-0.05, 0) is 42.6 Å². The van der Waals surface area contributed by atoms with Gasteiger partial charge in [-0.3, -0.25) is 14.5 Å². The van der Waals surface area contributed by atoms with Crippen LogP contribution in [0.25, 0.3) is 0 Å². The van der Waals surface area contributed by atoms with Crippen molar-refractivity contribution in [3.8, 4) is 0 Å². The van der Waals surface area contributed by atoms with Crippen molar-refractivity contribution in [1.29, 1.82) is 0 Å². The average molecular weight is 393 g/mol. The van der Waals surface area contributed by atoms with Crippen LogP contribution >= 0.6 is 0 Å². The highest BCUT2D eigenvalue weighted by atomic mass is 19.1. The topological polar surface area (TPSA) is 69.9 Å². The Hall–Kier alpha value is -1.99. The number of anilines is 1. The second-order valence-electron chi connectivity index (χ2n) is 8.67. The zero-order valence-electron chi connectivity index (χ0n) is 17.3. The molecule has 1 aromatic carbocycles. The van der Waals surface area contributed by atoms with Crippen molar-refractivity contribution < 1.29 is 14.0 Å². The molecule has 156 valence electrons. The Morgan fingerprint density at radius 3 is 2.18 bits per heavy atom. The van der Waals surface area contributed by atoms with Crippen LogP contribution < -0.4 is 10.6 Å². The summed E-state index contributed by atoms with van der Waals surface area (Å²) in [7, 11) is 0. The molecule has 1 fully saturated rings. The van der Waals surface area contributed by atoms with Gasteiger partial charge < -0.3 is 15.5 Å². The monoisotopic (exact) mass is 392 g/mol. The van der Waals surface area contributed by atoms with Crippen molar-refractivity contribution in [2.45, 2.75) is 33.6 Å². The zero-order valence-corrected chi connectivity index (χ0v) is 17.3. The Morgan fingerprint density at radius 1 is 1.07 bits per heavy atom. The zero-order chi connectivity index (χ0) is 20.7. The fraction of sp³-hybridized carbons (Fsp3) is 0.619. The number of hydrogen-bond acceptors (Lipinski definition) is 4. The minimum Gasteiger partial charge on any atom is -0.370 e. The highest BCUT2D eigenvalue weighted by Crippen LogP contribution is 2.20. The van der Waals surface area contributed by atoms with Crippen molar-refractivity contribution in [3.05, 3.63) is 30.1 Å². The Morgan fingerprint density at radius 2 is 1.64 bits per heavy atom. The highest BCUT2D eigenvalue weighted by Gasteiger charge is 2.23. The van der Waals surface area contributed by atoms with Crippen molar-refractivity contribution in [3.63, 3.8) is 0 Å². The quantitative estimate of drug-likeness (QED) is 0.735. The van der Waals surface area contributed by atoms with Crippen LogP contribution in [0.15, 0.2) is 24.3 Å². The molecular weight excluding hydrogens is 359 g/mol. The van der Waals surface area contributed by atoms with E-state index < -0.39 is 5.91 Å². The fourth-order valence-corrected chi connectivity index (χ4v) is 3.18. The van der Waals surface area contributed by atoms with Gasteiger partial charge in [0.1, 0.15) is 5.82 Å². The molecule has 1 heterocycles. The van der Waals surface area contributed by atoms with Gasteiger partial charge in [-0.1, -0.05) is 20.8 Å². The molecule has 0 atom stereocenters. The van der Waals surface area contributed by atoms with Gasteiger partial charge in [-0.25, -0.2) is 4.39 Å². The van der Waals surface area contributed by atoms with Crippen LogP contribution in [-0.2, 0) is 9.59 Å². The maximum absolute atomic E-state index is 13.2. The number of primary amides is 1. The van der Waals surface area contributed by atoms with Crippen molar-refractivity contribution in [2.24, 2.45) is 11.1 Å². The third-order valence-electron chi connectivity index (χ3n) is 5.02. The molecule has 1 saturated heterocycles. The third-order valence-corrected chi connectivity index (χ3v) is 5.02. The molecule has 0 saturated carbocycles. The molecule has 2 N–H and O–H groups in total. The molecule has 0 bridgehead atoms. The second-order valence-corrected chi connectivity index (χ2v) is 8.67. The van der Waals surface area contributed by atoms with E-state index in [2.05, 4.69) is 30.6 Å². The second kappa shape index (κ2) is 9.98. The molecule has 1 aromatic rings. The smallest absolute Gasteiger partial charge is 0.241 e. The number of rotatable bonds is 8. The van der Waals surface area contributed by atoms with Crippen LogP contribution in [0.3, 0.4) is 0 Å². The first-order chi connectivity index (χ1) is 13.1. The maximum Gasteiger partial charge on any atom is 0.241 e. The first-order valence-corrected chi connectivity index (χ1v) is 9.93. The lowest BCUT2D eigenvalue weighted by atomic mass is 9.92. The Balaban J connectivity index is 1.90. The number of hydrogen-bond donors (Lipinski definition) is 1. The van der Waals surface area contributed by atoms with Crippen LogP contribution in [0, 0.1) is 11.2 Å². The minimum atomic E-state index is -0.465. The van der Waals surface area contributed by atoms with Gasteiger partial charge in [0.2, 0.25) is 11.8 Å². The van der Waals surface area contributed by atoms with E-state index in [4.69, 9.17) is 5.73 Å². The third kappa shape index (κ3) is 7.56. The molecular formula is C21H33FN4O2. The number of carbonyl (C=O) groups excluding carboxylic acids is 2. The normalized spacial score (nSPS) is 16.1. The molecule has 6 nitrogen and oxygen atoms in total. The molecule has 28 heavy (non-hydrogen) atoms. The molecule has 2 amide bonds. The lowest BCUT2D eigenvalue weighted by Gasteiger charge is -2.36. The highest BCUT2D eigenvalue weighted by molar-refractivity contribution is 5.95. The summed E-state index contributed by atoms with van der Waals surface area (Å²) in [6.07, 6.45) is 1.22. The number of nitrogens with zero attached hydrogens (tertiary/aromatic N) is 3. The molecule has 0 spiro atoms. The van der Waals surface area contributed by atoms with Crippen molar-refractivity contribution >= 4 is 17.5 Å². The van der Waals surface area contributed by atoms with E-state index in [1.807, 2.05) is 0 Å². The van der Waals surface area contributed by atoms with E-state index in [1.165, 1.54) is 17.0 Å². The predicted octanol–water partition coefficient (Wildman–Crippen LogP) is 2.09. The van der Waals surface area contributed by atoms with E-state index in [9.17, 15) is 14.0 Å². The SMILES string of the molecule is CC(C)(C)CCN1CCN(CC(=O)N(CCC(N)=O)c2ccc(F)cc2)CC1. The predicted molar refractivity (Wildman–Crippen MR) is 110 cm³/mol. The van der Waals surface area contributed by atoms with E-state index in [0.717, 1.165) is 39.1 Å². The molecule has 7 heteroatoms. The summed E-state index contributed by atoms with van der Waals surface area (Å²) in [5, 5.41) is 0. The fourth-order valence-electron chi connectivity index (χ4n) is 3.18. The van der Waals surface area contributed by atoms with Crippen LogP contribution in [0.2, 0.25) is 0 Å². The van der Waals surface area contributed by atoms with Gasteiger partial charge in [0.15, 0.2) is 0 Å². The summed E-state index contributed by atoms with van der Waals surface area (Å²) in [4.78, 5) is 30.2. The van der Waals surface area contributed by atoms with Gasteiger partial charge in [0.25, 0.3) is 0 Å². The average Bonchev–Trinajstić information content (AvgIpc) is 2.62. The number of carbonyl (C=O) groups is 2. The summed E-state index contributed by atoms with van der Waals surface area (Å²) in [6, 6.07) is 5.74. The maximum atomic E-state index is 13.2. The summed E-state index contributed by atoms with van der Waals surface area (Å²) < 4.78 is 13.2. The lowest BCUT2D eigenvalue weighted by molar-refractivity contribution is -0.120. The summed E-state index contributed by atoms with van der Waals surface area (Å²) >= 11 is 0. The largest absolute Gasteiger partial charge is 0.370 e. The number of halogens is 1. The molecule has 0 aliphatic carbocycles. The Kier molecular flexibility index (Phi) is 7.95. The standard InChI is InChI=1S/C21H33FN4O2/c1-21(2,3)9-11-24-12-14-25(15-13-24)16-20(28)26(10-8-19(23)27)18-6-4-17(22)5-7-18/h4-7H,8-16H2,1-3H3,(H2,23,27). The molecule has 1 aliphatic heterocycles. The van der Waals surface area contributed by atoms with E-state index in [1.54, 1.807) is 12.1 Å². The first kappa shape index (κ1) is 22.3. The van der Waals surface area contributed by atoms with Crippen molar-refractivity contribution in [2.75, 3.05) is 50.7 Å². The summed E-state index contributed by atoms with van der Waals surface area (Å²) in [6.45, 7) is 11.9. The van der Waals surface area contributed by atoms with Crippen LogP contribution in [-0.4, -0.2) is 67.4 Å². The molecule has 0 radical (unpaired) electrons. The van der Waals surface area contributed by atoms with Gasteiger partial charge in [0, 0.05) is 44.8 Å². The number of piperazine rings is 1. The first-order valence-electron chi connectivity index (χ1n) is 9.93. The molecule has 2 rings (SSSR count). The Bertz CT molecular complexity index is 649. The molecule has 0 unspecified atom stereocenters. The van der Waals surface area contributed by atoms with Gasteiger partial charge in [0.05, 0.1) is 6.54 Å². The van der Waals surface area contributed by atoms with Crippen molar-refractivity contribution in [1.82, 2.24) is 9.80 Å². The number of amides is 2. The van der Waals surface area contributed by atoms with Crippen LogP contribution in [0.4, 0.5) is 10.1 Å². The molecule has 1 aliphatic rings. The van der Waals surface area contributed by atoms with Gasteiger partial charge in [-0.2, -0.15) is 0 Å². The lowest BCUT2D eigenvalue weighted by Crippen LogP contribution is -2.50. The minimum absolute atomic E-state index is 0.0731. The van der Waals surface area contributed by atoms with E-state index in [-0.39, 0.29) is 31.2 Å². The number of benzene rings is 1. The molecule has 0 aromatic heterocycles. The van der Waals surface area contributed by atoms with Gasteiger partial charge >= 0.3 is 0 Å². The van der Waals surface area contributed by atoms with Crippen LogP contribution in [0.1, 0.15) is 33.6 Å². The number of nitrogens with two attached hydrogens (primary N) is 1. The summed E-state index contributed by atoms with van der Waals surface area (Å²) in [5.74, 6) is -0.930.